The molecule has 0 fully saturated rings. The topological polar surface area (TPSA) is 55.1 Å². The summed E-state index contributed by atoms with van der Waals surface area (Å²) >= 11 is 0. The minimum atomic E-state index is -0.0670. The van der Waals surface area contributed by atoms with Gasteiger partial charge in [-0.15, -0.1) is 0 Å². The average molecular weight is 246 g/mol. The van der Waals surface area contributed by atoms with Crippen LogP contribution in [0.2, 0.25) is 0 Å². The van der Waals surface area contributed by atoms with Crippen LogP contribution in [0.5, 0.6) is 0 Å². The molecule has 0 aliphatic heterocycles. The van der Waals surface area contributed by atoms with Crippen molar-refractivity contribution in [1.29, 1.82) is 0 Å². The zero-order chi connectivity index (χ0) is 12.8. The number of amides is 1. The molecule has 0 saturated heterocycles. The maximum atomic E-state index is 11.8. The molecule has 0 bridgehead atoms. The first-order chi connectivity index (χ1) is 8.75. The van der Waals surface area contributed by atoms with Crippen LogP contribution < -0.4 is 11.1 Å². The number of rotatable bonds is 4. The van der Waals surface area contributed by atoms with Crippen LogP contribution in [0.15, 0.2) is 48.1 Å². The molecule has 2 rings (SSSR count). The molecule has 3 nitrogen and oxygen atoms in total. The summed E-state index contributed by atoms with van der Waals surface area (Å²) in [7, 11) is 0. The van der Waals surface area contributed by atoms with Crippen LogP contribution in [0.1, 0.15) is 32.5 Å². The normalized spacial score (nSPS) is 14.1. The van der Waals surface area contributed by atoms with Gasteiger partial charge in [-0.1, -0.05) is 29.9 Å². The van der Waals surface area contributed by atoms with Crippen molar-refractivity contribution in [3.8, 4) is 0 Å². The molecule has 0 radical (unpaired) electrons. The van der Waals surface area contributed by atoms with Gasteiger partial charge in [0.25, 0.3) is 5.91 Å². The number of nitrogens with one attached hydrogen (secondary N) is 1. The van der Waals surface area contributed by atoms with Gasteiger partial charge in [-0.05, 0) is 37.5 Å². The third-order valence-electron chi connectivity index (χ3n) is 2.92. The van der Waals surface area contributed by atoms with E-state index in [2.05, 4.69) is 23.5 Å². The molecular formula is C15H22N2O. The Labute approximate surface area is 110 Å². The maximum absolute atomic E-state index is 11.8. The van der Waals surface area contributed by atoms with Crippen LogP contribution >= 0.6 is 0 Å². The van der Waals surface area contributed by atoms with Gasteiger partial charge in [0.1, 0.15) is 0 Å². The summed E-state index contributed by atoms with van der Waals surface area (Å²) in [6.07, 6.45) is 9.65. The molecule has 3 N–H and O–H groups in total. The quantitative estimate of drug-likeness (QED) is 0.802. The largest absolute Gasteiger partial charge is 0.399 e. The Kier molecular flexibility index (Phi) is 4.18. The molecule has 3 heteroatoms. The lowest BCUT2D eigenvalue weighted by atomic mass is 10.0. The Bertz CT molecular complexity index is 498. The van der Waals surface area contributed by atoms with Gasteiger partial charge in [0, 0.05) is 20.6 Å². The highest BCUT2D eigenvalue weighted by atomic mass is 16.1. The van der Waals surface area contributed by atoms with E-state index in [1.807, 2.05) is 0 Å². The van der Waals surface area contributed by atoms with Crippen LogP contribution in [0.3, 0.4) is 0 Å². The highest BCUT2D eigenvalue weighted by molar-refractivity contribution is 5.94. The van der Waals surface area contributed by atoms with Crippen molar-refractivity contribution < 1.29 is 7.65 Å². The molecule has 0 aromatic heterocycles. The smallest absolute Gasteiger partial charge is 0.251 e. The van der Waals surface area contributed by atoms with Crippen molar-refractivity contribution in [2.24, 2.45) is 0 Å². The Morgan fingerprint density at radius 2 is 2.28 bits per heavy atom. The van der Waals surface area contributed by atoms with Gasteiger partial charge in [0.2, 0.25) is 0 Å². The van der Waals surface area contributed by atoms with Gasteiger partial charge < -0.3 is 11.1 Å². The van der Waals surface area contributed by atoms with Gasteiger partial charge >= 0.3 is 0 Å². The molecule has 0 heterocycles. The summed E-state index contributed by atoms with van der Waals surface area (Å²) < 4.78 is 0. The van der Waals surface area contributed by atoms with E-state index >= 15 is 0 Å². The maximum Gasteiger partial charge on any atom is 0.251 e. The van der Waals surface area contributed by atoms with Gasteiger partial charge in [-0.25, -0.2) is 0 Å². The van der Waals surface area contributed by atoms with Crippen molar-refractivity contribution in [1.82, 2.24) is 5.32 Å². The van der Waals surface area contributed by atoms with E-state index in [1.165, 1.54) is 5.57 Å². The zero-order valence-electron chi connectivity index (χ0n) is 10.4. The molecule has 1 aliphatic carbocycles. The SMILES string of the molecule is Nc1cccc(C(=O)NCCC2=CCCC=C2)c1.[HH].[HH]. The van der Waals surface area contributed by atoms with E-state index < -0.39 is 0 Å². The van der Waals surface area contributed by atoms with Crippen LogP contribution in [-0.4, -0.2) is 12.5 Å². The number of benzene rings is 1. The predicted molar refractivity (Wildman–Crippen MR) is 78.5 cm³/mol. The highest BCUT2D eigenvalue weighted by Gasteiger charge is 2.05. The summed E-state index contributed by atoms with van der Waals surface area (Å²) in [5, 5.41) is 2.90. The fourth-order valence-electron chi connectivity index (χ4n) is 1.96. The van der Waals surface area contributed by atoms with Gasteiger partial charge in [0.15, 0.2) is 0 Å². The van der Waals surface area contributed by atoms with Crippen molar-refractivity contribution >= 4 is 11.6 Å². The first kappa shape index (κ1) is 12.4. The molecule has 0 atom stereocenters. The molecule has 1 aromatic carbocycles. The second-order valence-electron chi connectivity index (χ2n) is 4.39. The van der Waals surface area contributed by atoms with Crippen molar-refractivity contribution in [3.63, 3.8) is 0 Å². The number of nitrogens with two attached hydrogens (primary N) is 1. The van der Waals surface area contributed by atoms with Gasteiger partial charge in [-0.3, -0.25) is 4.79 Å². The average Bonchev–Trinajstić information content (AvgIpc) is 2.40. The van der Waals surface area contributed by atoms with Crippen molar-refractivity contribution in [2.45, 2.75) is 19.3 Å². The molecule has 18 heavy (non-hydrogen) atoms. The van der Waals surface area contributed by atoms with E-state index in [9.17, 15) is 4.79 Å². The third kappa shape index (κ3) is 3.48. The zero-order valence-corrected chi connectivity index (χ0v) is 10.4. The molecule has 1 aromatic rings. The summed E-state index contributed by atoms with van der Waals surface area (Å²) in [6, 6.07) is 7.02. The van der Waals surface area contributed by atoms with Crippen LogP contribution in [-0.2, 0) is 0 Å². The standard InChI is InChI=1S/C15H18N2O.2H2/c16-14-8-4-7-13(11-14)15(18)17-10-9-12-5-2-1-3-6-12;;/h2,4-8,11H,1,3,9-10,16H2,(H,17,18);2*1H. The summed E-state index contributed by atoms with van der Waals surface area (Å²) in [5.41, 5.74) is 8.17. The Hall–Kier alpha value is -2.03. The Morgan fingerprint density at radius 3 is 3.00 bits per heavy atom. The minimum Gasteiger partial charge on any atom is -0.399 e. The van der Waals surface area contributed by atoms with Crippen LogP contribution in [0.25, 0.3) is 0 Å². The first-order valence-corrected chi connectivity index (χ1v) is 6.25. The van der Waals surface area contributed by atoms with Crippen LogP contribution in [0, 0.1) is 0 Å². The molecule has 0 spiro atoms. The Morgan fingerprint density at radius 1 is 1.39 bits per heavy atom. The van der Waals surface area contributed by atoms with E-state index in [0.29, 0.717) is 17.8 Å². The lowest BCUT2D eigenvalue weighted by molar-refractivity contribution is 0.0954. The molecule has 0 unspecified atom stereocenters. The van der Waals surface area contributed by atoms with Crippen LogP contribution in [0.4, 0.5) is 5.69 Å². The predicted octanol–water partition coefficient (Wildman–Crippen LogP) is 3.16. The number of anilines is 1. The second-order valence-corrected chi connectivity index (χ2v) is 4.39. The third-order valence-corrected chi connectivity index (χ3v) is 2.92. The molecule has 1 amide bonds. The number of hydrogen-bond acceptors (Lipinski definition) is 2. The van der Waals surface area contributed by atoms with E-state index in [4.69, 9.17) is 5.73 Å². The van der Waals surface area contributed by atoms with Crippen molar-refractivity contribution in [2.75, 3.05) is 12.3 Å². The minimum absolute atomic E-state index is 0. The van der Waals surface area contributed by atoms with E-state index in [0.717, 1.165) is 19.3 Å². The number of carbonyl (C=O) groups excluding carboxylic acids is 1. The number of hydrogen-bond donors (Lipinski definition) is 2. The van der Waals surface area contributed by atoms with Gasteiger partial charge in [0.05, 0.1) is 0 Å². The molecular weight excluding hydrogens is 224 g/mol. The van der Waals surface area contributed by atoms with Crippen molar-refractivity contribution in [3.05, 3.63) is 53.6 Å². The fraction of sp³-hybridized carbons (Fsp3) is 0.267. The Balaban J connectivity index is 0.00000180. The number of nitrogen functional groups attached to an aromatic ring is 1. The highest BCUT2D eigenvalue weighted by Crippen LogP contribution is 2.12. The second kappa shape index (κ2) is 6.05. The summed E-state index contributed by atoms with van der Waals surface area (Å²) in [5.74, 6) is -0.0670. The lowest BCUT2D eigenvalue weighted by Gasteiger charge is -2.08. The van der Waals surface area contributed by atoms with Gasteiger partial charge in [-0.2, -0.15) is 0 Å². The number of allylic oxidation sites excluding steroid dienone is 3. The molecule has 98 valence electrons. The lowest BCUT2D eigenvalue weighted by Crippen LogP contribution is -2.24. The summed E-state index contributed by atoms with van der Waals surface area (Å²) in [6.45, 7) is 0.657. The van der Waals surface area contributed by atoms with E-state index in [-0.39, 0.29) is 8.76 Å². The summed E-state index contributed by atoms with van der Waals surface area (Å²) in [4.78, 5) is 11.8. The fourth-order valence-corrected chi connectivity index (χ4v) is 1.96. The molecule has 1 aliphatic rings. The number of carbonyl (C=O) groups is 1. The monoisotopic (exact) mass is 246 g/mol. The first-order valence-electron chi connectivity index (χ1n) is 6.25. The van der Waals surface area contributed by atoms with E-state index in [1.54, 1.807) is 24.3 Å². The molecule has 0 saturated carbocycles.